The third kappa shape index (κ3) is 4.42. The average Bonchev–Trinajstić information content (AvgIpc) is 2.78. The van der Waals surface area contributed by atoms with Crippen molar-refractivity contribution in [1.29, 1.82) is 0 Å². The minimum Gasteiger partial charge on any atom is -0.326 e. The molecule has 0 radical (unpaired) electrons. The molecule has 23 heavy (non-hydrogen) atoms. The van der Waals surface area contributed by atoms with Crippen molar-refractivity contribution in [3.63, 3.8) is 0 Å². The Labute approximate surface area is 135 Å². The maximum Gasteiger partial charge on any atom is 0.255 e. The van der Waals surface area contributed by atoms with E-state index in [1.54, 1.807) is 24.3 Å². The molecule has 0 aliphatic rings. The normalized spacial score (nSPS) is 10.7. The summed E-state index contributed by atoms with van der Waals surface area (Å²) in [6.45, 7) is 7.64. The number of nitrogens with one attached hydrogen (secondary N) is 3. The number of aryl methyl sites for hydroxylation is 2. The van der Waals surface area contributed by atoms with Crippen LogP contribution in [-0.2, 0) is 4.79 Å². The molecule has 0 saturated heterocycles. The van der Waals surface area contributed by atoms with Crippen LogP contribution < -0.4 is 10.6 Å². The van der Waals surface area contributed by atoms with E-state index in [0.29, 0.717) is 23.4 Å². The third-order valence-electron chi connectivity index (χ3n) is 3.37. The number of hydrogen-bond acceptors (Lipinski definition) is 3. The Hall–Kier alpha value is -2.63. The average molecular weight is 314 g/mol. The summed E-state index contributed by atoms with van der Waals surface area (Å²) in [5.74, 6) is -0.00911. The van der Waals surface area contributed by atoms with E-state index in [0.717, 1.165) is 11.4 Å². The molecular formula is C17H22N4O2. The van der Waals surface area contributed by atoms with E-state index in [1.165, 1.54) is 0 Å². The second-order valence-electron chi connectivity index (χ2n) is 5.99. The third-order valence-corrected chi connectivity index (χ3v) is 3.37. The highest BCUT2D eigenvalue weighted by Crippen LogP contribution is 2.18. The highest BCUT2D eigenvalue weighted by Gasteiger charge is 2.13. The van der Waals surface area contributed by atoms with Crippen LogP contribution in [0.1, 0.15) is 42.0 Å². The summed E-state index contributed by atoms with van der Waals surface area (Å²) in [5.41, 5.74) is 3.31. The molecule has 122 valence electrons. The minimum atomic E-state index is -0.238. The van der Waals surface area contributed by atoms with E-state index in [1.807, 2.05) is 27.7 Å². The van der Waals surface area contributed by atoms with Gasteiger partial charge in [0.25, 0.3) is 5.91 Å². The number of benzene rings is 1. The smallest absolute Gasteiger partial charge is 0.255 e. The number of carbonyl (C=O) groups is 2. The van der Waals surface area contributed by atoms with Gasteiger partial charge in [-0.2, -0.15) is 5.10 Å². The molecule has 1 aromatic heterocycles. The molecule has 0 aliphatic carbocycles. The van der Waals surface area contributed by atoms with Gasteiger partial charge in [-0.1, -0.05) is 19.9 Å². The fraction of sp³-hybridized carbons (Fsp3) is 0.353. The van der Waals surface area contributed by atoms with Crippen LogP contribution in [0.3, 0.4) is 0 Å². The summed E-state index contributed by atoms with van der Waals surface area (Å²) in [6.07, 6.45) is 0.448. The molecule has 0 aliphatic heterocycles. The van der Waals surface area contributed by atoms with E-state index in [2.05, 4.69) is 20.8 Å². The van der Waals surface area contributed by atoms with Crippen LogP contribution in [0, 0.1) is 19.8 Å². The quantitative estimate of drug-likeness (QED) is 0.791. The topological polar surface area (TPSA) is 86.9 Å². The first-order chi connectivity index (χ1) is 10.9. The fourth-order valence-electron chi connectivity index (χ4n) is 2.24. The summed E-state index contributed by atoms with van der Waals surface area (Å²) in [5, 5.41) is 12.5. The van der Waals surface area contributed by atoms with E-state index in [9.17, 15) is 9.59 Å². The Kier molecular flexibility index (Phi) is 5.16. The predicted molar refractivity (Wildman–Crippen MR) is 90.5 cm³/mol. The number of carbonyl (C=O) groups excluding carboxylic acids is 2. The maximum absolute atomic E-state index is 12.4. The molecule has 1 aromatic carbocycles. The van der Waals surface area contributed by atoms with E-state index < -0.39 is 0 Å². The molecule has 6 heteroatoms. The molecule has 0 bridgehead atoms. The van der Waals surface area contributed by atoms with E-state index in [4.69, 9.17) is 0 Å². The number of aromatic nitrogens is 2. The molecule has 0 atom stereocenters. The van der Waals surface area contributed by atoms with Crippen LogP contribution >= 0.6 is 0 Å². The zero-order chi connectivity index (χ0) is 17.0. The molecular weight excluding hydrogens is 292 g/mol. The predicted octanol–water partition coefficient (Wildman–Crippen LogP) is 3.26. The van der Waals surface area contributed by atoms with Crippen LogP contribution in [0.2, 0.25) is 0 Å². The van der Waals surface area contributed by atoms with Crippen LogP contribution in [0.4, 0.5) is 11.4 Å². The summed E-state index contributed by atoms with van der Waals surface area (Å²) in [4.78, 5) is 24.2. The molecule has 2 rings (SSSR count). The van der Waals surface area contributed by atoms with Crippen molar-refractivity contribution in [3.8, 4) is 0 Å². The summed E-state index contributed by atoms with van der Waals surface area (Å²) in [7, 11) is 0. The molecule has 6 nitrogen and oxygen atoms in total. The first-order valence-corrected chi connectivity index (χ1v) is 7.59. The number of nitrogens with zero attached hydrogens (tertiary/aromatic N) is 1. The Balaban J connectivity index is 2.10. The second kappa shape index (κ2) is 7.09. The van der Waals surface area contributed by atoms with Gasteiger partial charge in [0.2, 0.25) is 5.91 Å². The molecule has 2 aromatic rings. The van der Waals surface area contributed by atoms with Gasteiger partial charge in [0.05, 0.1) is 17.1 Å². The van der Waals surface area contributed by atoms with E-state index >= 15 is 0 Å². The van der Waals surface area contributed by atoms with Crippen molar-refractivity contribution in [2.75, 3.05) is 10.6 Å². The van der Waals surface area contributed by atoms with Crippen LogP contribution in [0.5, 0.6) is 0 Å². The van der Waals surface area contributed by atoms with Crippen LogP contribution in [-0.4, -0.2) is 22.0 Å². The Morgan fingerprint density at radius 1 is 1.22 bits per heavy atom. The van der Waals surface area contributed by atoms with Crippen molar-refractivity contribution in [2.45, 2.75) is 34.1 Å². The Morgan fingerprint density at radius 3 is 2.57 bits per heavy atom. The number of anilines is 2. The lowest BCUT2D eigenvalue weighted by Crippen LogP contribution is -2.16. The molecule has 0 spiro atoms. The van der Waals surface area contributed by atoms with Gasteiger partial charge in [-0.3, -0.25) is 14.7 Å². The van der Waals surface area contributed by atoms with Crippen molar-refractivity contribution >= 4 is 23.2 Å². The number of H-pyrrole nitrogens is 1. The maximum atomic E-state index is 12.4. The van der Waals surface area contributed by atoms with Gasteiger partial charge in [0, 0.05) is 17.7 Å². The fourth-order valence-corrected chi connectivity index (χ4v) is 2.24. The van der Waals surface area contributed by atoms with Gasteiger partial charge in [-0.15, -0.1) is 0 Å². The van der Waals surface area contributed by atoms with Gasteiger partial charge in [-0.25, -0.2) is 0 Å². The van der Waals surface area contributed by atoms with Gasteiger partial charge >= 0.3 is 0 Å². The lowest BCUT2D eigenvalue weighted by molar-refractivity contribution is -0.116. The summed E-state index contributed by atoms with van der Waals surface area (Å²) >= 11 is 0. The van der Waals surface area contributed by atoms with Crippen molar-refractivity contribution in [3.05, 3.63) is 41.2 Å². The standard InChI is InChI=1S/C17H22N4O2/c1-10(2)8-15(22)18-14-7-5-6-13(9-14)17(23)19-16-11(3)20-21-12(16)4/h5-7,9-10H,8H2,1-4H3,(H,18,22)(H,19,23)(H,20,21). The first kappa shape index (κ1) is 16.7. The lowest BCUT2D eigenvalue weighted by atomic mass is 10.1. The molecule has 1 heterocycles. The van der Waals surface area contributed by atoms with Crippen LogP contribution in [0.15, 0.2) is 24.3 Å². The van der Waals surface area contributed by atoms with E-state index in [-0.39, 0.29) is 17.7 Å². The van der Waals surface area contributed by atoms with Crippen molar-refractivity contribution in [1.82, 2.24) is 10.2 Å². The molecule has 2 amide bonds. The van der Waals surface area contributed by atoms with Gasteiger partial charge < -0.3 is 10.6 Å². The number of hydrogen-bond donors (Lipinski definition) is 3. The van der Waals surface area contributed by atoms with Crippen molar-refractivity contribution in [2.24, 2.45) is 5.92 Å². The largest absolute Gasteiger partial charge is 0.326 e. The number of amides is 2. The summed E-state index contributed by atoms with van der Waals surface area (Å²) < 4.78 is 0. The SMILES string of the molecule is Cc1n[nH]c(C)c1NC(=O)c1cccc(NC(=O)CC(C)C)c1. The molecule has 3 N–H and O–H groups in total. The summed E-state index contributed by atoms with van der Waals surface area (Å²) in [6, 6.07) is 6.88. The van der Waals surface area contributed by atoms with Gasteiger partial charge in [0.1, 0.15) is 0 Å². The van der Waals surface area contributed by atoms with Crippen molar-refractivity contribution < 1.29 is 9.59 Å². The Bertz CT molecular complexity index is 700. The zero-order valence-electron chi connectivity index (χ0n) is 13.9. The second-order valence-corrected chi connectivity index (χ2v) is 5.99. The highest BCUT2D eigenvalue weighted by molar-refractivity contribution is 6.05. The van der Waals surface area contributed by atoms with Gasteiger partial charge in [0.15, 0.2) is 0 Å². The molecule has 0 saturated carbocycles. The number of aromatic amines is 1. The van der Waals surface area contributed by atoms with Crippen LogP contribution in [0.25, 0.3) is 0 Å². The molecule has 0 fully saturated rings. The first-order valence-electron chi connectivity index (χ1n) is 7.59. The monoisotopic (exact) mass is 314 g/mol. The molecule has 0 unspecified atom stereocenters. The highest BCUT2D eigenvalue weighted by atomic mass is 16.2. The van der Waals surface area contributed by atoms with Gasteiger partial charge in [-0.05, 0) is 38.0 Å². The lowest BCUT2D eigenvalue weighted by Gasteiger charge is -2.09. The minimum absolute atomic E-state index is 0.0564. The number of rotatable bonds is 5. The Morgan fingerprint density at radius 2 is 1.96 bits per heavy atom. The zero-order valence-corrected chi connectivity index (χ0v) is 13.9.